The van der Waals surface area contributed by atoms with Gasteiger partial charge in [0.05, 0.1) is 22.9 Å². The molecule has 3 aromatic carbocycles. The highest BCUT2D eigenvalue weighted by Gasteiger charge is 2.16. The molecule has 172 valence electrons. The van der Waals surface area contributed by atoms with E-state index in [2.05, 4.69) is 15.0 Å². The Kier molecular flexibility index (Phi) is 7.19. The molecule has 0 unspecified atom stereocenters. The highest BCUT2D eigenvalue weighted by atomic mass is 32.2. The van der Waals surface area contributed by atoms with Crippen molar-refractivity contribution in [1.82, 2.24) is 4.98 Å². The molecule has 0 atom stereocenters. The van der Waals surface area contributed by atoms with E-state index in [1.54, 1.807) is 30.3 Å². The minimum atomic E-state index is -3.78. The fourth-order valence-electron chi connectivity index (χ4n) is 3.23. The number of carbonyl (C=O) groups is 1. The van der Waals surface area contributed by atoms with Gasteiger partial charge < -0.3 is 10.1 Å². The predicted molar refractivity (Wildman–Crippen MR) is 132 cm³/mol. The molecular formula is C26H23N3O4S. The van der Waals surface area contributed by atoms with Crippen LogP contribution in [0.1, 0.15) is 15.9 Å². The number of para-hydroxylation sites is 2. The Bertz CT molecular complexity index is 1340. The number of rotatable bonds is 9. The summed E-state index contributed by atoms with van der Waals surface area (Å²) in [5.41, 5.74) is 2.43. The lowest BCUT2D eigenvalue weighted by Crippen LogP contribution is -2.15. The normalized spacial score (nSPS) is 10.9. The summed E-state index contributed by atoms with van der Waals surface area (Å²) in [6, 6.07) is 26.0. The fraction of sp³-hybridized carbons (Fsp3) is 0.0769. The molecular weight excluding hydrogens is 450 g/mol. The molecule has 0 fully saturated rings. The van der Waals surface area contributed by atoms with Crippen molar-refractivity contribution in [3.05, 3.63) is 115 Å². The molecule has 0 radical (unpaired) electrons. The summed E-state index contributed by atoms with van der Waals surface area (Å²) >= 11 is 0. The van der Waals surface area contributed by atoms with Crippen LogP contribution < -0.4 is 14.8 Å². The summed E-state index contributed by atoms with van der Waals surface area (Å²) in [6.07, 6.45) is 3.73. The van der Waals surface area contributed by atoms with Gasteiger partial charge in [-0.3, -0.25) is 14.5 Å². The fourth-order valence-corrected chi connectivity index (χ4v) is 4.29. The van der Waals surface area contributed by atoms with E-state index in [-0.39, 0.29) is 10.8 Å². The molecule has 0 aliphatic carbocycles. The number of ether oxygens (including phenoxy) is 1. The summed E-state index contributed by atoms with van der Waals surface area (Å²) in [4.78, 5) is 16.7. The van der Waals surface area contributed by atoms with E-state index in [4.69, 9.17) is 4.74 Å². The Hall–Kier alpha value is -4.17. The van der Waals surface area contributed by atoms with Crippen LogP contribution in [0.5, 0.6) is 5.75 Å². The van der Waals surface area contributed by atoms with Gasteiger partial charge in [-0.1, -0.05) is 42.5 Å². The van der Waals surface area contributed by atoms with Gasteiger partial charge in [-0.05, 0) is 54.1 Å². The van der Waals surface area contributed by atoms with Crippen molar-refractivity contribution < 1.29 is 17.9 Å². The zero-order valence-corrected chi connectivity index (χ0v) is 19.0. The van der Waals surface area contributed by atoms with E-state index in [1.807, 2.05) is 36.4 Å². The molecule has 8 heteroatoms. The number of sulfonamides is 1. The Balaban J connectivity index is 1.40. The third-order valence-corrected chi connectivity index (χ3v) is 6.38. The van der Waals surface area contributed by atoms with Crippen molar-refractivity contribution in [2.75, 3.05) is 16.6 Å². The van der Waals surface area contributed by atoms with Crippen molar-refractivity contribution in [3.8, 4) is 5.75 Å². The van der Waals surface area contributed by atoms with E-state index >= 15 is 0 Å². The van der Waals surface area contributed by atoms with Crippen molar-refractivity contribution in [3.63, 3.8) is 0 Å². The molecule has 0 aliphatic heterocycles. The number of pyridine rings is 1. The Labute approximate surface area is 198 Å². The number of aromatic nitrogens is 1. The quantitative estimate of drug-likeness (QED) is 0.365. The number of nitrogens with zero attached hydrogens (tertiary/aromatic N) is 1. The molecule has 2 N–H and O–H groups in total. The van der Waals surface area contributed by atoms with E-state index < -0.39 is 10.0 Å². The third kappa shape index (κ3) is 5.99. The minimum Gasteiger partial charge on any atom is -0.491 e. The lowest BCUT2D eigenvalue weighted by Gasteiger charge is -2.13. The smallest absolute Gasteiger partial charge is 0.261 e. The van der Waals surface area contributed by atoms with Gasteiger partial charge >= 0.3 is 0 Å². The van der Waals surface area contributed by atoms with Crippen LogP contribution in [-0.2, 0) is 16.4 Å². The first kappa shape index (κ1) is 23.0. The van der Waals surface area contributed by atoms with Crippen LogP contribution in [0, 0.1) is 0 Å². The van der Waals surface area contributed by atoms with Crippen LogP contribution in [0.2, 0.25) is 0 Å². The Morgan fingerprint density at radius 1 is 0.824 bits per heavy atom. The average molecular weight is 474 g/mol. The van der Waals surface area contributed by atoms with Gasteiger partial charge in [-0.2, -0.15) is 0 Å². The maximum atomic E-state index is 12.8. The molecule has 0 saturated heterocycles. The number of nitrogens with one attached hydrogen (secondary N) is 2. The standard InChI is InChI=1S/C26H23N3O4S/c30-26(21-10-12-23(13-11-21)34(31,32)29-22-14-17-27-18-15-22)28-24-8-4-5-9-25(24)33-19-16-20-6-2-1-3-7-20/h1-15,17-18H,16,19H2,(H,27,29)(H,28,30). The first-order valence-electron chi connectivity index (χ1n) is 10.6. The third-order valence-electron chi connectivity index (χ3n) is 4.99. The van der Waals surface area contributed by atoms with Gasteiger partial charge in [-0.15, -0.1) is 0 Å². The number of carbonyl (C=O) groups excluding carboxylic acids is 1. The van der Waals surface area contributed by atoms with Gasteiger partial charge in [0.1, 0.15) is 5.75 Å². The van der Waals surface area contributed by atoms with Gasteiger partial charge in [0, 0.05) is 24.4 Å². The number of hydrogen-bond acceptors (Lipinski definition) is 5. The van der Waals surface area contributed by atoms with Gasteiger partial charge in [-0.25, -0.2) is 8.42 Å². The number of benzene rings is 3. The predicted octanol–water partition coefficient (Wildman–Crippen LogP) is 4.76. The Morgan fingerprint density at radius 3 is 2.24 bits per heavy atom. The monoisotopic (exact) mass is 473 g/mol. The lowest BCUT2D eigenvalue weighted by molar-refractivity contribution is 0.102. The van der Waals surface area contributed by atoms with Crippen LogP contribution in [0.4, 0.5) is 11.4 Å². The highest BCUT2D eigenvalue weighted by molar-refractivity contribution is 7.92. The summed E-state index contributed by atoms with van der Waals surface area (Å²) in [5.74, 6) is 0.192. The number of hydrogen-bond donors (Lipinski definition) is 2. The molecule has 1 heterocycles. The zero-order chi connectivity index (χ0) is 23.8. The van der Waals surface area contributed by atoms with Crippen LogP contribution in [0.3, 0.4) is 0 Å². The van der Waals surface area contributed by atoms with Crippen LogP contribution in [0.25, 0.3) is 0 Å². The van der Waals surface area contributed by atoms with Crippen molar-refractivity contribution in [2.24, 2.45) is 0 Å². The SMILES string of the molecule is O=C(Nc1ccccc1OCCc1ccccc1)c1ccc(S(=O)(=O)Nc2ccncc2)cc1. The molecule has 4 aromatic rings. The molecule has 0 saturated carbocycles. The highest BCUT2D eigenvalue weighted by Crippen LogP contribution is 2.25. The first-order chi connectivity index (χ1) is 16.5. The molecule has 0 bridgehead atoms. The molecule has 4 rings (SSSR count). The van der Waals surface area contributed by atoms with Gasteiger partial charge in [0.25, 0.3) is 15.9 Å². The first-order valence-corrected chi connectivity index (χ1v) is 12.1. The average Bonchev–Trinajstić information content (AvgIpc) is 2.86. The van der Waals surface area contributed by atoms with E-state index in [9.17, 15) is 13.2 Å². The summed E-state index contributed by atoms with van der Waals surface area (Å²) < 4.78 is 33.5. The number of amides is 1. The zero-order valence-electron chi connectivity index (χ0n) is 18.2. The summed E-state index contributed by atoms with van der Waals surface area (Å²) in [6.45, 7) is 0.466. The van der Waals surface area contributed by atoms with Crippen molar-refractivity contribution >= 4 is 27.3 Å². The van der Waals surface area contributed by atoms with E-state index in [1.165, 1.54) is 36.7 Å². The van der Waals surface area contributed by atoms with Gasteiger partial charge in [0.15, 0.2) is 0 Å². The molecule has 1 amide bonds. The van der Waals surface area contributed by atoms with Crippen molar-refractivity contribution in [1.29, 1.82) is 0 Å². The Morgan fingerprint density at radius 2 is 1.50 bits per heavy atom. The molecule has 0 spiro atoms. The second-order valence-corrected chi connectivity index (χ2v) is 9.08. The van der Waals surface area contributed by atoms with Crippen LogP contribution in [0.15, 0.2) is 108 Å². The second-order valence-electron chi connectivity index (χ2n) is 7.40. The van der Waals surface area contributed by atoms with E-state index in [0.717, 1.165) is 12.0 Å². The molecule has 0 aliphatic rings. The van der Waals surface area contributed by atoms with Crippen molar-refractivity contribution in [2.45, 2.75) is 11.3 Å². The summed E-state index contributed by atoms with van der Waals surface area (Å²) in [5, 5.41) is 2.84. The minimum absolute atomic E-state index is 0.0468. The largest absolute Gasteiger partial charge is 0.491 e. The topological polar surface area (TPSA) is 97.4 Å². The van der Waals surface area contributed by atoms with Crippen LogP contribution in [-0.4, -0.2) is 25.9 Å². The van der Waals surface area contributed by atoms with Crippen LogP contribution >= 0.6 is 0 Å². The molecule has 7 nitrogen and oxygen atoms in total. The van der Waals surface area contributed by atoms with Gasteiger partial charge in [0.2, 0.25) is 0 Å². The lowest BCUT2D eigenvalue weighted by atomic mass is 10.2. The maximum Gasteiger partial charge on any atom is 0.261 e. The van der Waals surface area contributed by atoms with E-state index in [0.29, 0.717) is 29.3 Å². The summed E-state index contributed by atoms with van der Waals surface area (Å²) in [7, 11) is -3.78. The number of anilines is 2. The maximum absolute atomic E-state index is 12.8. The second kappa shape index (κ2) is 10.6. The molecule has 1 aromatic heterocycles. The molecule has 34 heavy (non-hydrogen) atoms.